The number of carboxylic acid groups (broad SMARTS) is 1. The predicted molar refractivity (Wildman–Crippen MR) is 159 cm³/mol. The number of carbonyl (C=O) groups is 3. The molecule has 2 aromatic carbocycles. The second-order valence-corrected chi connectivity index (χ2v) is 11.7. The molecule has 10 nitrogen and oxygen atoms in total. The van der Waals surface area contributed by atoms with Gasteiger partial charge >= 0.3 is 5.97 Å². The van der Waals surface area contributed by atoms with Gasteiger partial charge in [-0.1, -0.05) is 71.0 Å². The van der Waals surface area contributed by atoms with Crippen molar-refractivity contribution in [2.24, 2.45) is 18.4 Å². The van der Waals surface area contributed by atoms with Gasteiger partial charge in [0, 0.05) is 48.3 Å². The van der Waals surface area contributed by atoms with E-state index in [1.807, 2.05) is 65.0 Å². The molecule has 1 heterocycles. The summed E-state index contributed by atoms with van der Waals surface area (Å²) in [6, 6.07) is 12.1. The van der Waals surface area contributed by atoms with E-state index in [0.29, 0.717) is 22.0 Å². The molecule has 0 aliphatic carbocycles. The fourth-order valence-corrected chi connectivity index (χ4v) is 4.99. The summed E-state index contributed by atoms with van der Waals surface area (Å²) in [6.07, 6.45) is 1.55. The lowest BCUT2D eigenvalue weighted by Gasteiger charge is -2.37. The third-order valence-corrected chi connectivity index (χ3v) is 7.30. The number of carbonyl (C=O) groups excluding carboxylic acids is 2. The Kier molecular flexibility index (Phi) is 9.06. The average molecular weight is 563 g/mol. The molecular weight excluding hydrogens is 524 g/mol. The van der Waals surface area contributed by atoms with E-state index in [1.54, 1.807) is 30.8 Å². The topological polar surface area (TPSA) is 135 Å². The molecule has 3 rings (SSSR count). The minimum absolute atomic E-state index is 0.0896. The summed E-state index contributed by atoms with van der Waals surface area (Å²) >= 11 is 0. The van der Waals surface area contributed by atoms with E-state index in [2.05, 4.69) is 5.32 Å². The lowest BCUT2D eigenvalue weighted by molar-refractivity contribution is -0.384. The van der Waals surface area contributed by atoms with E-state index >= 15 is 0 Å². The van der Waals surface area contributed by atoms with Gasteiger partial charge in [-0.05, 0) is 29.9 Å². The molecule has 0 saturated heterocycles. The first-order valence-corrected chi connectivity index (χ1v) is 13.4. The van der Waals surface area contributed by atoms with Crippen LogP contribution >= 0.6 is 0 Å². The maximum atomic E-state index is 14.1. The Morgan fingerprint density at radius 3 is 2.22 bits per heavy atom. The number of hydrogen-bond donors (Lipinski definition) is 2. The highest BCUT2D eigenvalue weighted by Gasteiger charge is 2.38. The molecule has 0 unspecified atom stereocenters. The molecular formula is C31H38N4O6. The van der Waals surface area contributed by atoms with Crippen LogP contribution in [0.2, 0.25) is 0 Å². The van der Waals surface area contributed by atoms with Crippen molar-refractivity contribution in [2.75, 3.05) is 7.05 Å². The summed E-state index contributed by atoms with van der Waals surface area (Å²) in [5, 5.41) is 24.5. The van der Waals surface area contributed by atoms with Gasteiger partial charge in [-0.3, -0.25) is 19.7 Å². The monoisotopic (exact) mass is 562 g/mol. The van der Waals surface area contributed by atoms with Crippen LogP contribution in [-0.2, 0) is 16.6 Å². The highest BCUT2D eigenvalue weighted by molar-refractivity contribution is 6.11. The van der Waals surface area contributed by atoms with Crippen LogP contribution in [0.3, 0.4) is 0 Å². The lowest BCUT2D eigenvalue weighted by Crippen LogP contribution is -2.56. The number of amides is 2. The van der Waals surface area contributed by atoms with E-state index < -0.39 is 34.3 Å². The number of aryl methyl sites for hydroxylation is 1. The molecule has 0 spiro atoms. The average Bonchev–Trinajstić information content (AvgIpc) is 3.20. The fraction of sp³-hybridized carbons (Fsp3) is 0.387. The van der Waals surface area contributed by atoms with Crippen molar-refractivity contribution in [1.82, 2.24) is 14.8 Å². The highest BCUT2D eigenvalue weighted by atomic mass is 16.6. The molecule has 0 fully saturated rings. The fourth-order valence-electron chi connectivity index (χ4n) is 4.99. The summed E-state index contributed by atoms with van der Waals surface area (Å²) < 4.78 is 1.68. The predicted octanol–water partition coefficient (Wildman–Crippen LogP) is 5.41. The number of nitro benzene ring substituents is 1. The first-order chi connectivity index (χ1) is 19.1. The van der Waals surface area contributed by atoms with Crippen LogP contribution in [-0.4, -0.2) is 56.4 Å². The summed E-state index contributed by atoms with van der Waals surface area (Å²) in [7, 11) is 3.32. The van der Waals surface area contributed by atoms with Gasteiger partial charge in [-0.2, -0.15) is 0 Å². The van der Waals surface area contributed by atoms with Gasteiger partial charge in [-0.25, -0.2) is 4.79 Å². The molecule has 218 valence electrons. The SMILES string of the molecule is CC(=C[C@H](C(C)C)N(C)C(=O)[C@@H](NC(=O)c1c(-c2ccccc2)c2cc([N+](=O)[O-])ccc2n1C)C(C)(C)C)C(=O)O. The molecule has 0 saturated carbocycles. The van der Waals surface area contributed by atoms with Gasteiger partial charge in [0.15, 0.2) is 0 Å². The Balaban J connectivity index is 2.13. The molecule has 2 amide bonds. The molecule has 2 atom stereocenters. The molecule has 3 aromatic rings. The number of likely N-dealkylation sites (N-methyl/N-ethyl adjacent to an activating group) is 1. The Labute approximate surface area is 239 Å². The minimum Gasteiger partial charge on any atom is -0.478 e. The molecule has 1 aromatic heterocycles. The molecule has 0 radical (unpaired) electrons. The normalized spacial score (nSPS) is 13.6. The molecule has 2 N–H and O–H groups in total. The summed E-state index contributed by atoms with van der Waals surface area (Å²) in [5.41, 5.74) is 1.44. The number of non-ortho nitro benzene ring substituents is 1. The number of aliphatic carboxylic acids is 1. The Bertz CT molecular complexity index is 1510. The van der Waals surface area contributed by atoms with E-state index in [4.69, 9.17) is 0 Å². The molecule has 10 heteroatoms. The summed E-state index contributed by atoms with van der Waals surface area (Å²) in [4.78, 5) is 52.1. The number of benzene rings is 2. The largest absolute Gasteiger partial charge is 0.478 e. The van der Waals surface area contributed by atoms with Crippen molar-refractivity contribution in [3.05, 3.63) is 76.0 Å². The Morgan fingerprint density at radius 1 is 1.10 bits per heavy atom. The van der Waals surface area contributed by atoms with Crippen molar-refractivity contribution >= 4 is 34.4 Å². The number of rotatable bonds is 9. The van der Waals surface area contributed by atoms with E-state index in [-0.39, 0.29) is 28.8 Å². The maximum absolute atomic E-state index is 14.1. The van der Waals surface area contributed by atoms with Crippen LogP contribution in [0.25, 0.3) is 22.0 Å². The van der Waals surface area contributed by atoms with E-state index in [9.17, 15) is 29.6 Å². The molecule has 0 aliphatic rings. The van der Waals surface area contributed by atoms with Gasteiger partial charge in [0.25, 0.3) is 11.6 Å². The van der Waals surface area contributed by atoms with Crippen LogP contribution in [0, 0.1) is 21.4 Å². The Hall–Kier alpha value is -4.47. The van der Waals surface area contributed by atoms with Crippen molar-refractivity contribution in [3.8, 4) is 11.1 Å². The van der Waals surface area contributed by atoms with Crippen molar-refractivity contribution < 1.29 is 24.4 Å². The maximum Gasteiger partial charge on any atom is 0.331 e. The number of fused-ring (bicyclic) bond motifs is 1. The van der Waals surface area contributed by atoms with Crippen LogP contribution in [0.5, 0.6) is 0 Å². The molecule has 0 bridgehead atoms. The number of carboxylic acids is 1. The van der Waals surface area contributed by atoms with E-state index in [1.165, 1.54) is 24.0 Å². The standard InChI is InChI=1S/C31H38N4O6/c1-18(2)24(16-19(3)30(38)39)34(8)29(37)27(31(4,5)6)32-28(36)26-25(20-12-10-9-11-13-20)22-17-21(35(40)41)14-15-23(22)33(26)7/h9-18,24,27H,1-8H3,(H,32,36)(H,38,39)/t24-,27-/m1/s1. The zero-order chi connectivity index (χ0) is 30.8. The smallest absolute Gasteiger partial charge is 0.331 e. The summed E-state index contributed by atoms with van der Waals surface area (Å²) in [5.74, 6) is -2.03. The van der Waals surface area contributed by atoms with Crippen molar-refractivity contribution in [2.45, 2.75) is 53.6 Å². The number of nitrogens with one attached hydrogen (secondary N) is 1. The van der Waals surface area contributed by atoms with Gasteiger partial charge in [0.05, 0.1) is 11.0 Å². The van der Waals surface area contributed by atoms with Crippen molar-refractivity contribution in [3.63, 3.8) is 0 Å². The number of nitro groups is 1. The number of nitrogens with zero attached hydrogens (tertiary/aromatic N) is 3. The highest BCUT2D eigenvalue weighted by Crippen LogP contribution is 2.37. The van der Waals surface area contributed by atoms with Gasteiger partial charge in [0.1, 0.15) is 11.7 Å². The first kappa shape index (κ1) is 31.1. The van der Waals surface area contributed by atoms with Gasteiger partial charge in [0.2, 0.25) is 5.91 Å². The van der Waals surface area contributed by atoms with Crippen LogP contribution in [0.15, 0.2) is 60.2 Å². The van der Waals surface area contributed by atoms with Crippen LogP contribution in [0.4, 0.5) is 5.69 Å². The minimum atomic E-state index is -1.07. The second-order valence-electron chi connectivity index (χ2n) is 11.7. The second kappa shape index (κ2) is 12.0. The third-order valence-electron chi connectivity index (χ3n) is 7.30. The third kappa shape index (κ3) is 6.48. The van der Waals surface area contributed by atoms with Crippen molar-refractivity contribution in [1.29, 1.82) is 0 Å². The number of hydrogen-bond acceptors (Lipinski definition) is 5. The zero-order valence-electron chi connectivity index (χ0n) is 24.8. The number of aromatic nitrogens is 1. The zero-order valence-corrected chi connectivity index (χ0v) is 24.8. The first-order valence-electron chi connectivity index (χ1n) is 13.4. The van der Waals surface area contributed by atoms with Crippen LogP contribution in [0.1, 0.15) is 52.0 Å². The quantitative estimate of drug-likeness (QED) is 0.203. The Morgan fingerprint density at radius 2 is 1.71 bits per heavy atom. The molecule has 0 aliphatic heterocycles. The van der Waals surface area contributed by atoms with Gasteiger partial charge < -0.3 is 19.9 Å². The van der Waals surface area contributed by atoms with E-state index in [0.717, 1.165) is 0 Å². The van der Waals surface area contributed by atoms with Crippen LogP contribution < -0.4 is 5.32 Å². The summed E-state index contributed by atoms with van der Waals surface area (Å²) in [6.45, 7) is 10.8. The molecule has 41 heavy (non-hydrogen) atoms. The lowest BCUT2D eigenvalue weighted by atomic mass is 9.85. The van der Waals surface area contributed by atoms with Gasteiger partial charge in [-0.15, -0.1) is 0 Å².